The molecule has 1 aliphatic rings. The van der Waals surface area contributed by atoms with Crippen molar-refractivity contribution >= 4 is 15.7 Å². The fraction of sp³-hybridized carbons (Fsp3) is 0.909. The van der Waals surface area contributed by atoms with Crippen LogP contribution in [0.1, 0.15) is 32.6 Å². The maximum atomic E-state index is 12.2. The monoisotopic (exact) mass is 262 g/mol. The topological polar surface area (TPSA) is 80.5 Å². The Hall–Kier alpha value is -0.620. The zero-order valence-corrected chi connectivity index (χ0v) is 11.2. The van der Waals surface area contributed by atoms with Crippen LogP contribution in [0, 0.1) is 0 Å². The number of sulfone groups is 1. The zero-order valence-electron chi connectivity index (χ0n) is 10.4. The normalized spacial score (nSPS) is 23.3. The molecule has 6 heteroatoms. The highest BCUT2D eigenvalue weighted by atomic mass is 32.2. The third kappa shape index (κ3) is 3.67. The van der Waals surface area contributed by atoms with Crippen molar-refractivity contribution in [2.75, 3.05) is 25.4 Å². The van der Waals surface area contributed by atoms with Gasteiger partial charge in [-0.1, -0.05) is 13.3 Å². The first-order valence-electron chi connectivity index (χ1n) is 6.23. The van der Waals surface area contributed by atoms with Crippen molar-refractivity contribution in [3.8, 4) is 0 Å². The Kier molecular flexibility index (Phi) is 5.39. The first-order valence-corrected chi connectivity index (χ1v) is 7.95. The van der Waals surface area contributed by atoms with Crippen molar-refractivity contribution in [3.63, 3.8) is 0 Å². The van der Waals surface area contributed by atoms with Gasteiger partial charge in [-0.05, 0) is 19.3 Å². The van der Waals surface area contributed by atoms with Crippen LogP contribution in [-0.2, 0) is 14.6 Å². The number of hydrogen-bond acceptors (Lipinski definition) is 4. The lowest BCUT2D eigenvalue weighted by atomic mass is 10.1. The van der Waals surface area contributed by atoms with E-state index in [1.54, 1.807) is 4.90 Å². The summed E-state index contributed by atoms with van der Waals surface area (Å²) in [5, 5.41) is -0.825. The standard InChI is InChI=1S/C11H22N2O3S/c1-2-7-13(8-6-12)11(14)10-5-3-4-9-17(10,15)16/h10H,2-9,12H2,1H3. The largest absolute Gasteiger partial charge is 0.340 e. The van der Waals surface area contributed by atoms with E-state index in [2.05, 4.69) is 0 Å². The Morgan fingerprint density at radius 3 is 2.59 bits per heavy atom. The first kappa shape index (κ1) is 14.4. The molecule has 100 valence electrons. The second-order valence-electron chi connectivity index (χ2n) is 4.47. The van der Waals surface area contributed by atoms with Gasteiger partial charge in [0.25, 0.3) is 0 Å². The summed E-state index contributed by atoms with van der Waals surface area (Å²) in [5.74, 6) is -0.108. The molecule has 1 unspecified atom stereocenters. The Balaban J connectivity index is 2.78. The van der Waals surface area contributed by atoms with Gasteiger partial charge in [0.2, 0.25) is 5.91 Å². The molecule has 17 heavy (non-hydrogen) atoms. The molecule has 0 aromatic rings. The minimum atomic E-state index is -3.24. The number of amides is 1. The molecule has 5 nitrogen and oxygen atoms in total. The molecule has 2 N–H and O–H groups in total. The van der Waals surface area contributed by atoms with Crippen molar-refractivity contribution in [2.24, 2.45) is 5.73 Å². The van der Waals surface area contributed by atoms with Crippen molar-refractivity contribution in [2.45, 2.75) is 37.9 Å². The smallest absolute Gasteiger partial charge is 0.240 e. The Morgan fingerprint density at radius 1 is 1.35 bits per heavy atom. The van der Waals surface area contributed by atoms with E-state index in [9.17, 15) is 13.2 Å². The van der Waals surface area contributed by atoms with Gasteiger partial charge in [-0.3, -0.25) is 4.79 Å². The molecule has 0 bridgehead atoms. The summed E-state index contributed by atoms with van der Waals surface area (Å²) in [6, 6.07) is 0. The second kappa shape index (κ2) is 6.35. The van der Waals surface area contributed by atoms with Crippen LogP contribution >= 0.6 is 0 Å². The summed E-state index contributed by atoms with van der Waals surface area (Å²) < 4.78 is 23.7. The minimum Gasteiger partial charge on any atom is -0.340 e. The van der Waals surface area contributed by atoms with Crippen molar-refractivity contribution < 1.29 is 13.2 Å². The molecule has 1 heterocycles. The second-order valence-corrected chi connectivity index (χ2v) is 6.77. The highest BCUT2D eigenvalue weighted by Gasteiger charge is 2.36. The molecule has 0 radical (unpaired) electrons. The lowest BCUT2D eigenvalue weighted by molar-refractivity contribution is -0.130. The van der Waals surface area contributed by atoms with E-state index < -0.39 is 15.1 Å². The summed E-state index contributed by atoms with van der Waals surface area (Å²) in [4.78, 5) is 13.8. The number of carbonyl (C=O) groups excluding carboxylic acids is 1. The quantitative estimate of drug-likeness (QED) is 0.765. The van der Waals surface area contributed by atoms with Gasteiger partial charge in [0.05, 0.1) is 5.75 Å². The molecular formula is C11H22N2O3S. The lowest BCUT2D eigenvalue weighted by Gasteiger charge is -2.28. The summed E-state index contributed by atoms with van der Waals surface area (Å²) in [7, 11) is -3.24. The summed E-state index contributed by atoms with van der Waals surface area (Å²) in [6.45, 7) is 3.37. The summed E-state index contributed by atoms with van der Waals surface area (Å²) in [5.41, 5.74) is 5.45. The maximum absolute atomic E-state index is 12.2. The van der Waals surface area contributed by atoms with E-state index in [0.29, 0.717) is 32.5 Å². The maximum Gasteiger partial charge on any atom is 0.240 e. The highest BCUT2D eigenvalue weighted by molar-refractivity contribution is 7.92. The average Bonchev–Trinajstić information content (AvgIpc) is 2.27. The van der Waals surface area contributed by atoms with Gasteiger partial charge in [0.15, 0.2) is 9.84 Å². The number of rotatable bonds is 5. The van der Waals surface area contributed by atoms with Crippen molar-refractivity contribution in [1.82, 2.24) is 4.90 Å². The van der Waals surface area contributed by atoms with Crippen molar-refractivity contribution in [1.29, 1.82) is 0 Å². The molecule has 0 aromatic carbocycles. The fourth-order valence-electron chi connectivity index (χ4n) is 2.19. The number of carbonyl (C=O) groups is 1. The molecule has 1 aliphatic heterocycles. The molecular weight excluding hydrogens is 240 g/mol. The predicted molar refractivity (Wildman–Crippen MR) is 67.4 cm³/mol. The molecule has 1 atom stereocenters. The minimum absolute atomic E-state index is 0.145. The molecule has 1 amide bonds. The molecule has 0 aliphatic carbocycles. The van der Waals surface area contributed by atoms with E-state index in [-0.39, 0.29) is 11.7 Å². The van der Waals surface area contributed by atoms with Crippen LogP contribution in [0.5, 0.6) is 0 Å². The van der Waals surface area contributed by atoms with Crippen LogP contribution in [-0.4, -0.2) is 49.9 Å². The van der Waals surface area contributed by atoms with Crippen LogP contribution in [0.25, 0.3) is 0 Å². The zero-order chi connectivity index (χ0) is 12.9. The SMILES string of the molecule is CCCN(CCN)C(=O)C1CCCCS1(=O)=O. The van der Waals surface area contributed by atoms with E-state index in [0.717, 1.165) is 12.8 Å². The van der Waals surface area contributed by atoms with Crippen LogP contribution in [0.15, 0.2) is 0 Å². The Morgan fingerprint density at radius 2 is 2.06 bits per heavy atom. The number of hydrogen-bond donors (Lipinski definition) is 1. The molecule has 1 fully saturated rings. The highest BCUT2D eigenvalue weighted by Crippen LogP contribution is 2.21. The first-order chi connectivity index (χ1) is 8.03. The predicted octanol–water partition coefficient (Wildman–Crippen LogP) is 0.151. The van der Waals surface area contributed by atoms with Gasteiger partial charge in [0.1, 0.15) is 5.25 Å². The number of nitrogens with zero attached hydrogens (tertiary/aromatic N) is 1. The molecule has 1 rings (SSSR count). The Bertz CT molecular complexity index is 348. The number of nitrogens with two attached hydrogens (primary N) is 1. The van der Waals surface area contributed by atoms with E-state index in [4.69, 9.17) is 5.73 Å². The molecule has 0 aromatic heterocycles. The average molecular weight is 262 g/mol. The van der Waals surface area contributed by atoms with Crippen LogP contribution in [0.3, 0.4) is 0 Å². The van der Waals surface area contributed by atoms with Crippen LogP contribution in [0.4, 0.5) is 0 Å². The summed E-state index contributed by atoms with van der Waals surface area (Å²) >= 11 is 0. The van der Waals surface area contributed by atoms with E-state index >= 15 is 0 Å². The van der Waals surface area contributed by atoms with E-state index in [1.165, 1.54) is 0 Å². The van der Waals surface area contributed by atoms with Gasteiger partial charge in [-0.2, -0.15) is 0 Å². The fourth-order valence-corrected chi connectivity index (χ4v) is 4.07. The molecule has 1 saturated heterocycles. The van der Waals surface area contributed by atoms with Gasteiger partial charge >= 0.3 is 0 Å². The van der Waals surface area contributed by atoms with Gasteiger partial charge in [-0.15, -0.1) is 0 Å². The molecule has 0 spiro atoms. The van der Waals surface area contributed by atoms with Gasteiger partial charge in [0, 0.05) is 19.6 Å². The van der Waals surface area contributed by atoms with Crippen molar-refractivity contribution in [3.05, 3.63) is 0 Å². The van der Waals surface area contributed by atoms with Crippen LogP contribution in [0.2, 0.25) is 0 Å². The Labute approximate surface area is 103 Å². The third-order valence-corrected chi connectivity index (χ3v) is 5.22. The third-order valence-electron chi connectivity index (χ3n) is 3.06. The van der Waals surface area contributed by atoms with Gasteiger partial charge in [-0.25, -0.2) is 8.42 Å². The molecule has 0 saturated carbocycles. The van der Waals surface area contributed by atoms with Crippen LogP contribution < -0.4 is 5.73 Å². The lowest BCUT2D eigenvalue weighted by Crippen LogP contribution is -2.47. The van der Waals surface area contributed by atoms with Gasteiger partial charge < -0.3 is 10.6 Å². The van der Waals surface area contributed by atoms with E-state index in [1.807, 2.05) is 6.92 Å². The summed E-state index contributed by atoms with van der Waals surface area (Å²) in [6.07, 6.45) is 2.78.